The Labute approximate surface area is 119 Å². The molecule has 0 spiro atoms. The van der Waals surface area contributed by atoms with E-state index >= 15 is 0 Å². The molecule has 5 heteroatoms. The first-order valence-corrected chi connectivity index (χ1v) is 6.59. The van der Waals surface area contributed by atoms with E-state index in [1.807, 2.05) is 25.1 Å². The molecule has 2 N–H and O–H groups in total. The first-order valence-electron chi connectivity index (χ1n) is 5.80. The van der Waals surface area contributed by atoms with Gasteiger partial charge in [0.05, 0.1) is 6.54 Å². The van der Waals surface area contributed by atoms with Crippen molar-refractivity contribution in [2.75, 3.05) is 5.32 Å². The van der Waals surface area contributed by atoms with Gasteiger partial charge in [0, 0.05) is 15.7 Å². The number of carboxylic acid groups (broad SMARTS) is 1. The average molecular weight is 324 g/mol. The topological polar surface area (TPSA) is 62.5 Å². The predicted molar refractivity (Wildman–Crippen MR) is 76.6 cm³/mol. The second-order valence-corrected chi connectivity index (χ2v) is 5.22. The Kier molecular flexibility index (Phi) is 3.95. The highest BCUT2D eigenvalue weighted by molar-refractivity contribution is 9.10. The molecule has 0 unspecified atom stereocenters. The Morgan fingerprint density at radius 2 is 2.11 bits per heavy atom. The van der Waals surface area contributed by atoms with Crippen molar-refractivity contribution in [2.24, 2.45) is 0 Å². The van der Waals surface area contributed by atoms with Crippen molar-refractivity contribution in [3.63, 3.8) is 0 Å². The third-order valence-electron chi connectivity index (χ3n) is 2.74. The van der Waals surface area contributed by atoms with Crippen LogP contribution in [0, 0.1) is 13.8 Å². The van der Waals surface area contributed by atoms with Crippen molar-refractivity contribution < 1.29 is 14.3 Å². The van der Waals surface area contributed by atoms with Crippen LogP contribution in [-0.2, 0) is 6.54 Å². The lowest BCUT2D eigenvalue weighted by molar-refractivity contribution is 0.0659. The van der Waals surface area contributed by atoms with Crippen molar-refractivity contribution in [1.82, 2.24) is 0 Å². The number of carbonyl (C=O) groups is 1. The van der Waals surface area contributed by atoms with E-state index in [-0.39, 0.29) is 5.76 Å². The SMILES string of the molecule is Cc1ccc(NCc2cc(C)c(C(=O)O)o2)c(Br)c1. The number of hydrogen-bond donors (Lipinski definition) is 2. The first-order chi connectivity index (χ1) is 8.97. The zero-order chi connectivity index (χ0) is 14.0. The second kappa shape index (κ2) is 5.48. The van der Waals surface area contributed by atoms with Crippen LogP contribution in [-0.4, -0.2) is 11.1 Å². The molecule has 19 heavy (non-hydrogen) atoms. The number of aryl methyl sites for hydroxylation is 2. The van der Waals surface area contributed by atoms with Crippen LogP contribution in [0.15, 0.2) is 33.2 Å². The number of furan rings is 1. The monoisotopic (exact) mass is 323 g/mol. The summed E-state index contributed by atoms with van der Waals surface area (Å²) in [5.74, 6) is -0.442. The number of nitrogens with one attached hydrogen (secondary N) is 1. The van der Waals surface area contributed by atoms with E-state index in [0.29, 0.717) is 17.9 Å². The molecule has 1 aromatic carbocycles. The van der Waals surface area contributed by atoms with Gasteiger partial charge in [0.25, 0.3) is 0 Å². The van der Waals surface area contributed by atoms with Crippen LogP contribution in [0.2, 0.25) is 0 Å². The summed E-state index contributed by atoms with van der Waals surface area (Å²) >= 11 is 3.48. The molecule has 1 aromatic heterocycles. The Balaban J connectivity index is 2.10. The summed E-state index contributed by atoms with van der Waals surface area (Å²) in [4.78, 5) is 10.9. The Hall–Kier alpha value is -1.75. The fourth-order valence-corrected chi connectivity index (χ4v) is 2.43. The summed E-state index contributed by atoms with van der Waals surface area (Å²) < 4.78 is 6.25. The molecule has 4 nitrogen and oxygen atoms in total. The highest BCUT2D eigenvalue weighted by atomic mass is 79.9. The molecule has 0 saturated carbocycles. The number of hydrogen-bond acceptors (Lipinski definition) is 3. The molecule has 2 rings (SSSR count). The zero-order valence-electron chi connectivity index (χ0n) is 10.7. The van der Waals surface area contributed by atoms with Gasteiger partial charge in [0.1, 0.15) is 5.76 Å². The quantitative estimate of drug-likeness (QED) is 0.893. The van der Waals surface area contributed by atoms with Gasteiger partial charge in [0.15, 0.2) is 0 Å². The molecule has 0 radical (unpaired) electrons. The van der Waals surface area contributed by atoms with E-state index in [0.717, 1.165) is 10.2 Å². The summed E-state index contributed by atoms with van der Waals surface area (Å²) in [6, 6.07) is 7.72. The summed E-state index contributed by atoms with van der Waals surface area (Å²) in [5, 5.41) is 12.1. The molecular weight excluding hydrogens is 310 g/mol. The lowest BCUT2D eigenvalue weighted by atomic mass is 10.2. The average Bonchev–Trinajstić information content (AvgIpc) is 2.69. The first kappa shape index (κ1) is 13.7. The largest absolute Gasteiger partial charge is 0.475 e. The molecule has 1 heterocycles. The molecule has 0 aliphatic carbocycles. The lowest BCUT2D eigenvalue weighted by Crippen LogP contribution is -1.99. The van der Waals surface area contributed by atoms with Gasteiger partial charge in [-0.3, -0.25) is 0 Å². The van der Waals surface area contributed by atoms with Crippen LogP contribution in [0.5, 0.6) is 0 Å². The van der Waals surface area contributed by atoms with Gasteiger partial charge in [-0.1, -0.05) is 6.07 Å². The van der Waals surface area contributed by atoms with Crippen LogP contribution in [0.4, 0.5) is 5.69 Å². The number of anilines is 1. The molecule has 100 valence electrons. The highest BCUT2D eigenvalue weighted by Gasteiger charge is 2.14. The maximum Gasteiger partial charge on any atom is 0.372 e. The Morgan fingerprint density at radius 1 is 1.37 bits per heavy atom. The molecule has 0 atom stereocenters. The lowest BCUT2D eigenvalue weighted by Gasteiger charge is -2.07. The molecule has 0 amide bonds. The second-order valence-electron chi connectivity index (χ2n) is 4.37. The third-order valence-corrected chi connectivity index (χ3v) is 3.40. The number of benzene rings is 1. The fraction of sp³-hybridized carbons (Fsp3) is 0.214. The molecule has 0 saturated heterocycles. The third kappa shape index (κ3) is 3.17. The van der Waals surface area contributed by atoms with Crippen LogP contribution in [0.25, 0.3) is 0 Å². The number of rotatable bonds is 4. The number of halogens is 1. The van der Waals surface area contributed by atoms with Crippen LogP contribution < -0.4 is 5.32 Å². The molecule has 0 bridgehead atoms. The molecule has 2 aromatic rings. The summed E-state index contributed by atoms with van der Waals surface area (Å²) in [5.41, 5.74) is 2.74. The van der Waals surface area contributed by atoms with E-state index in [2.05, 4.69) is 21.2 Å². The van der Waals surface area contributed by atoms with Crippen molar-refractivity contribution in [2.45, 2.75) is 20.4 Å². The molecule has 0 aliphatic rings. The summed E-state index contributed by atoms with van der Waals surface area (Å²) in [6.07, 6.45) is 0. The maximum absolute atomic E-state index is 10.9. The predicted octanol–water partition coefficient (Wildman–Crippen LogP) is 3.97. The summed E-state index contributed by atoms with van der Waals surface area (Å²) in [7, 11) is 0. The molecular formula is C14H14BrNO3. The van der Waals surface area contributed by atoms with Gasteiger partial charge in [-0.2, -0.15) is 0 Å². The highest BCUT2D eigenvalue weighted by Crippen LogP contribution is 2.24. The van der Waals surface area contributed by atoms with Gasteiger partial charge in [-0.15, -0.1) is 0 Å². The minimum atomic E-state index is -1.04. The standard InChI is InChI=1S/C14H14BrNO3/c1-8-3-4-12(11(15)5-8)16-7-10-6-9(2)13(19-10)14(17)18/h3-6,16H,7H2,1-2H3,(H,17,18). The van der Waals surface area contributed by atoms with E-state index in [1.165, 1.54) is 5.56 Å². The van der Waals surface area contributed by atoms with Gasteiger partial charge < -0.3 is 14.8 Å². The van der Waals surface area contributed by atoms with Gasteiger partial charge in [-0.25, -0.2) is 4.79 Å². The van der Waals surface area contributed by atoms with E-state index < -0.39 is 5.97 Å². The minimum absolute atomic E-state index is 0.000211. The van der Waals surface area contributed by atoms with E-state index in [9.17, 15) is 4.79 Å². The fourth-order valence-electron chi connectivity index (χ4n) is 1.79. The maximum atomic E-state index is 10.9. The zero-order valence-corrected chi connectivity index (χ0v) is 12.2. The molecule has 0 fully saturated rings. The smallest absolute Gasteiger partial charge is 0.372 e. The van der Waals surface area contributed by atoms with Crippen LogP contribution in [0.1, 0.15) is 27.4 Å². The van der Waals surface area contributed by atoms with Crippen molar-refractivity contribution in [3.8, 4) is 0 Å². The number of carboxylic acids is 1. The Bertz CT molecular complexity index is 619. The van der Waals surface area contributed by atoms with Gasteiger partial charge >= 0.3 is 5.97 Å². The van der Waals surface area contributed by atoms with Crippen molar-refractivity contribution >= 4 is 27.6 Å². The normalized spacial score (nSPS) is 10.5. The van der Waals surface area contributed by atoms with Crippen LogP contribution >= 0.6 is 15.9 Å². The van der Waals surface area contributed by atoms with Crippen molar-refractivity contribution in [3.05, 3.63) is 51.4 Å². The number of aromatic carboxylic acids is 1. The molecule has 0 aliphatic heterocycles. The summed E-state index contributed by atoms with van der Waals surface area (Å²) in [6.45, 7) is 4.18. The van der Waals surface area contributed by atoms with E-state index in [4.69, 9.17) is 9.52 Å². The van der Waals surface area contributed by atoms with Gasteiger partial charge in [0.2, 0.25) is 5.76 Å². The van der Waals surface area contributed by atoms with E-state index in [1.54, 1.807) is 13.0 Å². The van der Waals surface area contributed by atoms with Gasteiger partial charge in [-0.05, 0) is 53.5 Å². The van der Waals surface area contributed by atoms with Crippen molar-refractivity contribution in [1.29, 1.82) is 0 Å². The Morgan fingerprint density at radius 3 is 2.68 bits per heavy atom. The van der Waals surface area contributed by atoms with Crippen LogP contribution in [0.3, 0.4) is 0 Å². The minimum Gasteiger partial charge on any atom is -0.475 e.